The standard InChI is InChI=1S/C12H8F3N3O3/c13-12(14,15)21-9-4-1-3-8(7-9)17-11-10(18(19)20)5-2-6-16-11/h1-7H,(H,16,17). The number of nitro groups is 1. The van der Waals surface area contributed by atoms with Crippen molar-refractivity contribution in [3.8, 4) is 5.75 Å². The van der Waals surface area contributed by atoms with E-state index in [9.17, 15) is 23.3 Å². The second kappa shape index (κ2) is 5.65. The number of nitrogens with one attached hydrogen (secondary N) is 1. The van der Waals surface area contributed by atoms with E-state index in [1.807, 2.05) is 0 Å². The van der Waals surface area contributed by atoms with Gasteiger partial charge in [0.25, 0.3) is 0 Å². The lowest BCUT2D eigenvalue weighted by Crippen LogP contribution is -2.17. The van der Waals surface area contributed by atoms with Crippen LogP contribution >= 0.6 is 0 Å². The second-order valence-corrected chi connectivity index (χ2v) is 3.83. The fourth-order valence-electron chi connectivity index (χ4n) is 1.55. The Hall–Kier alpha value is -2.84. The molecule has 2 rings (SSSR count). The van der Waals surface area contributed by atoms with Crippen LogP contribution in [0.5, 0.6) is 5.75 Å². The van der Waals surface area contributed by atoms with Gasteiger partial charge < -0.3 is 10.1 Å². The molecule has 0 aliphatic carbocycles. The molecule has 1 heterocycles. The summed E-state index contributed by atoms with van der Waals surface area (Å²) in [6, 6.07) is 7.54. The SMILES string of the molecule is O=[N+]([O-])c1cccnc1Nc1cccc(OC(F)(F)F)c1. The van der Waals surface area contributed by atoms with Crippen molar-refractivity contribution < 1.29 is 22.8 Å². The van der Waals surface area contributed by atoms with E-state index in [1.54, 1.807) is 0 Å². The Morgan fingerprint density at radius 3 is 2.67 bits per heavy atom. The van der Waals surface area contributed by atoms with Crippen LogP contribution in [0.1, 0.15) is 0 Å². The lowest BCUT2D eigenvalue weighted by molar-refractivity contribution is -0.384. The molecule has 9 heteroatoms. The second-order valence-electron chi connectivity index (χ2n) is 3.83. The van der Waals surface area contributed by atoms with Gasteiger partial charge in [0, 0.05) is 24.0 Å². The summed E-state index contributed by atoms with van der Waals surface area (Å²) in [7, 11) is 0. The summed E-state index contributed by atoms with van der Waals surface area (Å²) in [5, 5.41) is 13.4. The van der Waals surface area contributed by atoms with Gasteiger partial charge in [-0.25, -0.2) is 4.98 Å². The molecule has 0 saturated heterocycles. The summed E-state index contributed by atoms with van der Waals surface area (Å²) < 4.78 is 40.1. The van der Waals surface area contributed by atoms with E-state index in [-0.39, 0.29) is 17.2 Å². The molecular formula is C12H8F3N3O3. The lowest BCUT2D eigenvalue weighted by atomic mass is 10.3. The zero-order valence-electron chi connectivity index (χ0n) is 10.3. The van der Waals surface area contributed by atoms with Crippen molar-refractivity contribution in [2.75, 3.05) is 5.32 Å². The van der Waals surface area contributed by atoms with Crippen LogP contribution < -0.4 is 10.1 Å². The number of nitrogens with zero attached hydrogens (tertiary/aromatic N) is 2. The molecule has 0 saturated carbocycles. The number of ether oxygens (including phenoxy) is 1. The molecule has 0 spiro atoms. The van der Waals surface area contributed by atoms with Gasteiger partial charge in [-0.2, -0.15) is 0 Å². The Kier molecular flexibility index (Phi) is 3.92. The molecule has 1 aromatic heterocycles. The van der Waals surface area contributed by atoms with Crippen LogP contribution in [0.3, 0.4) is 0 Å². The predicted octanol–water partition coefficient (Wildman–Crippen LogP) is 3.63. The van der Waals surface area contributed by atoms with Crippen LogP contribution in [-0.4, -0.2) is 16.3 Å². The minimum absolute atomic E-state index is 0.0772. The molecular weight excluding hydrogens is 291 g/mol. The number of benzene rings is 1. The molecule has 0 amide bonds. The first-order valence-corrected chi connectivity index (χ1v) is 5.57. The number of hydrogen-bond acceptors (Lipinski definition) is 5. The molecule has 110 valence electrons. The van der Waals surface area contributed by atoms with E-state index in [2.05, 4.69) is 15.0 Å². The molecule has 6 nitrogen and oxygen atoms in total. The summed E-state index contributed by atoms with van der Waals surface area (Å²) in [4.78, 5) is 14.0. The fraction of sp³-hybridized carbons (Fsp3) is 0.0833. The van der Waals surface area contributed by atoms with Crippen molar-refractivity contribution in [2.45, 2.75) is 6.36 Å². The first kappa shape index (κ1) is 14.6. The molecule has 1 aromatic carbocycles. The Labute approximate surface area is 116 Å². The molecule has 1 N–H and O–H groups in total. The molecule has 0 atom stereocenters. The first-order valence-electron chi connectivity index (χ1n) is 5.57. The third-order valence-electron chi connectivity index (χ3n) is 2.31. The Morgan fingerprint density at radius 1 is 1.24 bits per heavy atom. The maximum Gasteiger partial charge on any atom is 0.573 e. The van der Waals surface area contributed by atoms with Crippen molar-refractivity contribution in [1.82, 2.24) is 4.98 Å². The minimum Gasteiger partial charge on any atom is -0.406 e. The molecule has 0 radical (unpaired) electrons. The summed E-state index contributed by atoms with van der Waals surface area (Å²) >= 11 is 0. The van der Waals surface area contributed by atoms with Crippen LogP contribution in [-0.2, 0) is 0 Å². The van der Waals surface area contributed by atoms with E-state index in [1.165, 1.54) is 30.5 Å². The van der Waals surface area contributed by atoms with E-state index in [4.69, 9.17) is 0 Å². The Balaban J connectivity index is 2.25. The van der Waals surface area contributed by atoms with Gasteiger partial charge in [0.05, 0.1) is 4.92 Å². The smallest absolute Gasteiger partial charge is 0.406 e. The summed E-state index contributed by atoms with van der Waals surface area (Å²) in [5.41, 5.74) is -0.113. The number of aromatic nitrogens is 1. The monoisotopic (exact) mass is 299 g/mol. The van der Waals surface area contributed by atoms with Gasteiger partial charge in [0.2, 0.25) is 5.82 Å². The van der Waals surface area contributed by atoms with Gasteiger partial charge in [-0.05, 0) is 18.2 Å². The molecule has 2 aromatic rings. The number of pyridine rings is 1. The molecule has 0 bridgehead atoms. The highest BCUT2D eigenvalue weighted by atomic mass is 19.4. The fourth-order valence-corrected chi connectivity index (χ4v) is 1.55. The van der Waals surface area contributed by atoms with Gasteiger partial charge in [0.15, 0.2) is 0 Å². The molecule has 0 fully saturated rings. The van der Waals surface area contributed by atoms with Gasteiger partial charge >= 0.3 is 12.0 Å². The van der Waals surface area contributed by atoms with E-state index < -0.39 is 17.0 Å². The Bertz CT molecular complexity index is 661. The zero-order valence-corrected chi connectivity index (χ0v) is 10.3. The van der Waals surface area contributed by atoms with Crippen molar-refractivity contribution in [3.63, 3.8) is 0 Å². The lowest BCUT2D eigenvalue weighted by Gasteiger charge is -2.11. The van der Waals surface area contributed by atoms with Crippen LogP contribution in [0.25, 0.3) is 0 Å². The number of rotatable bonds is 4. The van der Waals surface area contributed by atoms with Crippen molar-refractivity contribution in [1.29, 1.82) is 0 Å². The highest BCUT2D eigenvalue weighted by Gasteiger charge is 2.31. The highest BCUT2D eigenvalue weighted by molar-refractivity contribution is 5.65. The molecule has 0 unspecified atom stereocenters. The summed E-state index contributed by atoms with van der Waals surface area (Å²) in [5.74, 6) is -0.516. The molecule has 0 aliphatic rings. The van der Waals surface area contributed by atoms with Crippen molar-refractivity contribution in [3.05, 3.63) is 52.7 Å². The third-order valence-corrected chi connectivity index (χ3v) is 2.31. The maximum absolute atomic E-state index is 12.1. The van der Waals surface area contributed by atoms with Crippen molar-refractivity contribution >= 4 is 17.2 Å². The van der Waals surface area contributed by atoms with Gasteiger partial charge in [-0.15, -0.1) is 13.2 Å². The summed E-state index contributed by atoms with van der Waals surface area (Å²) in [6.07, 6.45) is -3.49. The maximum atomic E-state index is 12.1. The van der Waals surface area contributed by atoms with E-state index >= 15 is 0 Å². The van der Waals surface area contributed by atoms with Crippen LogP contribution in [0.15, 0.2) is 42.6 Å². The average Bonchev–Trinajstić information content (AvgIpc) is 2.37. The first-order chi connectivity index (χ1) is 9.85. The van der Waals surface area contributed by atoms with Gasteiger partial charge in [0.1, 0.15) is 5.75 Å². The molecule has 0 aliphatic heterocycles. The number of anilines is 2. The normalized spacial score (nSPS) is 11.0. The topological polar surface area (TPSA) is 77.3 Å². The van der Waals surface area contributed by atoms with E-state index in [0.717, 1.165) is 12.1 Å². The zero-order chi connectivity index (χ0) is 15.5. The van der Waals surface area contributed by atoms with E-state index in [0.29, 0.717) is 0 Å². The predicted molar refractivity (Wildman–Crippen MR) is 67.3 cm³/mol. The average molecular weight is 299 g/mol. The summed E-state index contributed by atoms with van der Waals surface area (Å²) in [6.45, 7) is 0. The van der Waals surface area contributed by atoms with Crippen LogP contribution in [0.2, 0.25) is 0 Å². The quantitative estimate of drug-likeness (QED) is 0.689. The van der Waals surface area contributed by atoms with Crippen LogP contribution in [0, 0.1) is 10.1 Å². The number of hydrogen-bond donors (Lipinski definition) is 1. The van der Waals surface area contributed by atoms with Crippen LogP contribution in [0.4, 0.5) is 30.4 Å². The van der Waals surface area contributed by atoms with Gasteiger partial charge in [-0.1, -0.05) is 6.07 Å². The molecule has 21 heavy (non-hydrogen) atoms. The largest absolute Gasteiger partial charge is 0.573 e. The Morgan fingerprint density at radius 2 is 2.00 bits per heavy atom. The van der Waals surface area contributed by atoms with Gasteiger partial charge in [-0.3, -0.25) is 10.1 Å². The minimum atomic E-state index is -4.81. The highest BCUT2D eigenvalue weighted by Crippen LogP contribution is 2.28. The van der Waals surface area contributed by atoms with Crippen molar-refractivity contribution in [2.24, 2.45) is 0 Å². The number of halogens is 3. The number of alkyl halides is 3. The third kappa shape index (κ3) is 4.06.